The van der Waals surface area contributed by atoms with Crippen molar-refractivity contribution in [3.05, 3.63) is 52.2 Å². The zero-order valence-corrected chi connectivity index (χ0v) is 13.0. The summed E-state index contributed by atoms with van der Waals surface area (Å²) in [6.45, 7) is 0.623. The maximum Gasteiger partial charge on any atom is 0.240 e. The standard InChI is InChI=1S/C15H16N2O2S2/c16-9-2-5-13-4-1-7-15(12-13)21(18,19)17-10-8-14-6-3-11-20-14/h1,3-4,6-7,11-12,17H,8-10,16H2. The van der Waals surface area contributed by atoms with E-state index in [1.807, 2.05) is 17.5 Å². The van der Waals surface area contributed by atoms with Gasteiger partial charge >= 0.3 is 0 Å². The summed E-state index contributed by atoms with van der Waals surface area (Å²) < 4.78 is 27.0. The number of benzene rings is 1. The van der Waals surface area contributed by atoms with E-state index < -0.39 is 10.0 Å². The molecule has 0 bridgehead atoms. The van der Waals surface area contributed by atoms with E-state index in [4.69, 9.17) is 5.73 Å². The molecule has 3 N–H and O–H groups in total. The number of hydrogen-bond donors (Lipinski definition) is 2. The van der Waals surface area contributed by atoms with Gasteiger partial charge in [0.15, 0.2) is 0 Å². The van der Waals surface area contributed by atoms with Crippen LogP contribution in [0.2, 0.25) is 0 Å². The summed E-state index contributed by atoms with van der Waals surface area (Å²) in [5.74, 6) is 5.54. The molecule has 0 aliphatic rings. The Bertz CT molecular complexity index is 741. The van der Waals surface area contributed by atoms with Crippen LogP contribution in [0.4, 0.5) is 0 Å². The van der Waals surface area contributed by atoms with Crippen molar-refractivity contribution in [1.82, 2.24) is 4.72 Å². The summed E-state index contributed by atoms with van der Waals surface area (Å²) >= 11 is 1.62. The van der Waals surface area contributed by atoms with Crippen molar-refractivity contribution in [2.24, 2.45) is 5.73 Å². The Hall–Kier alpha value is -1.65. The fraction of sp³-hybridized carbons (Fsp3) is 0.200. The Morgan fingerprint density at radius 1 is 1.24 bits per heavy atom. The average Bonchev–Trinajstić information content (AvgIpc) is 2.98. The predicted molar refractivity (Wildman–Crippen MR) is 85.6 cm³/mol. The first-order valence-corrected chi connectivity index (χ1v) is 8.79. The second kappa shape index (κ2) is 7.38. The monoisotopic (exact) mass is 320 g/mol. The lowest BCUT2D eigenvalue weighted by atomic mass is 10.2. The molecule has 0 atom stereocenters. The van der Waals surface area contributed by atoms with Crippen LogP contribution in [0.1, 0.15) is 10.4 Å². The Labute approximate surface area is 129 Å². The van der Waals surface area contributed by atoms with Crippen LogP contribution in [0, 0.1) is 11.8 Å². The van der Waals surface area contributed by atoms with Gasteiger partial charge in [0.05, 0.1) is 11.4 Å². The summed E-state index contributed by atoms with van der Waals surface area (Å²) in [6, 6.07) is 10.5. The highest BCUT2D eigenvalue weighted by molar-refractivity contribution is 7.89. The fourth-order valence-electron chi connectivity index (χ4n) is 1.74. The summed E-state index contributed by atoms with van der Waals surface area (Å²) in [7, 11) is -3.51. The second-order valence-electron chi connectivity index (χ2n) is 4.26. The molecule has 1 aromatic heterocycles. The molecule has 0 fully saturated rings. The van der Waals surface area contributed by atoms with Gasteiger partial charge in [0.1, 0.15) is 0 Å². The molecule has 0 radical (unpaired) electrons. The molecule has 110 valence electrons. The highest BCUT2D eigenvalue weighted by Crippen LogP contribution is 2.12. The van der Waals surface area contributed by atoms with Gasteiger partial charge in [-0.05, 0) is 36.1 Å². The van der Waals surface area contributed by atoms with E-state index in [1.165, 1.54) is 0 Å². The summed E-state index contributed by atoms with van der Waals surface area (Å²) in [4.78, 5) is 1.37. The molecule has 2 aromatic rings. The summed E-state index contributed by atoms with van der Waals surface area (Å²) in [5, 5.41) is 1.98. The van der Waals surface area contributed by atoms with Crippen molar-refractivity contribution in [2.45, 2.75) is 11.3 Å². The number of nitrogens with two attached hydrogens (primary N) is 1. The molecule has 0 aliphatic carbocycles. The SMILES string of the molecule is NCC#Cc1cccc(S(=O)(=O)NCCc2cccs2)c1. The quantitative estimate of drug-likeness (QED) is 0.822. The van der Waals surface area contributed by atoms with E-state index in [0.29, 0.717) is 18.5 Å². The first-order valence-electron chi connectivity index (χ1n) is 6.43. The van der Waals surface area contributed by atoms with E-state index in [2.05, 4.69) is 16.6 Å². The Morgan fingerprint density at radius 2 is 2.10 bits per heavy atom. The third kappa shape index (κ3) is 4.69. The molecule has 4 nitrogen and oxygen atoms in total. The van der Waals surface area contributed by atoms with Gasteiger partial charge in [-0.3, -0.25) is 0 Å². The molecule has 1 heterocycles. The molecule has 0 unspecified atom stereocenters. The molecule has 0 spiro atoms. The first kappa shape index (κ1) is 15.7. The minimum absolute atomic E-state index is 0.220. The number of hydrogen-bond acceptors (Lipinski definition) is 4. The van der Waals surface area contributed by atoms with Gasteiger partial charge in [0.25, 0.3) is 0 Å². The van der Waals surface area contributed by atoms with Gasteiger partial charge in [-0.2, -0.15) is 0 Å². The predicted octanol–water partition coefficient (Wildman–Crippen LogP) is 1.58. The Balaban J connectivity index is 2.04. The number of nitrogens with one attached hydrogen (secondary N) is 1. The third-order valence-electron chi connectivity index (χ3n) is 2.72. The van der Waals surface area contributed by atoms with Crippen LogP contribution in [-0.4, -0.2) is 21.5 Å². The molecule has 1 aromatic carbocycles. The normalized spacial score (nSPS) is 10.9. The second-order valence-corrected chi connectivity index (χ2v) is 7.06. The van der Waals surface area contributed by atoms with Crippen molar-refractivity contribution >= 4 is 21.4 Å². The van der Waals surface area contributed by atoms with Crippen LogP contribution in [0.3, 0.4) is 0 Å². The average molecular weight is 320 g/mol. The highest BCUT2D eigenvalue weighted by Gasteiger charge is 2.13. The smallest absolute Gasteiger partial charge is 0.240 e. The van der Waals surface area contributed by atoms with Gasteiger partial charge in [-0.15, -0.1) is 11.3 Å². The minimum atomic E-state index is -3.51. The lowest BCUT2D eigenvalue weighted by molar-refractivity contribution is 0.582. The van der Waals surface area contributed by atoms with Crippen molar-refractivity contribution in [2.75, 3.05) is 13.1 Å². The van der Waals surface area contributed by atoms with Crippen LogP contribution in [0.25, 0.3) is 0 Å². The Kier molecular flexibility index (Phi) is 5.53. The van der Waals surface area contributed by atoms with E-state index in [-0.39, 0.29) is 11.4 Å². The van der Waals surface area contributed by atoms with Crippen LogP contribution in [0.15, 0.2) is 46.7 Å². The number of rotatable bonds is 5. The van der Waals surface area contributed by atoms with Gasteiger partial charge in [-0.1, -0.05) is 24.0 Å². The van der Waals surface area contributed by atoms with Gasteiger partial charge in [-0.25, -0.2) is 13.1 Å². The van der Waals surface area contributed by atoms with Crippen LogP contribution < -0.4 is 10.5 Å². The number of thiophene rings is 1. The molecule has 0 aliphatic heterocycles. The van der Waals surface area contributed by atoms with Crippen molar-refractivity contribution in [3.63, 3.8) is 0 Å². The van der Waals surface area contributed by atoms with Crippen LogP contribution in [0.5, 0.6) is 0 Å². The molecular weight excluding hydrogens is 304 g/mol. The summed E-state index contributed by atoms with van der Waals surface area (Å²) in [6.07, 6.45) is 0.684. The van der Waals surface area contributed by atoms with E-state index in [1.54, 1.807) is 35.6 Å². The molecule has 0 amide bonds. The van der Waals surface area contributed by atoms with E-state index in [9.17, 15) is 8.42 Å². The molecule has 2 rings (SSSR count). The molecular formula is C15H16N2O2S2. The lowest BCUT2D eigenvalue weighted by Gasteiger charge is -2.06. The molecule has 21 heavy (non-hydrogen) atoms. The largest absolute Gasteiger partial charge is 0.320 e. The highest BCUT2D eigenvalue weighted by atomic mass is 32.2. The van der Waals surface area contributed by atoms with E-state index in [0.717, 1.165) is 4.88 Å². The van der Waals surface area contributed by atoms with Gasteiger partial charge < -0.3 is 5.73 Å². The molecule has 6 heteroatoms. The zero-order valence-electron chi connectivity index (χ0n) is 11.4. The van der Waals surface area contributed by atoms with E-state index >= 15 is 0 Å². The first-order chi connectivity index (χ1) is 10.1. The lowest BCUT2D eigenvalue weighted by Crippen LogP contribution is -2.25. The molecule has 0 saturated heterocycles. The topological polar surface area (TPSA) is 72.2 Å². The Morgan fingerprint density at radius 3 is 2.81 bits per heavy atom. The fourth-order valence-corrected chi connectivity index (χ4v) is 3.53. The van der Waals surface area contributed by atoms with Gasteiger partial charge in [0.2, 0.25) is 10.0 Å². The van der Waals surface area contributed by atoms with Crippen LogP contribution >= 0.6 is 11.3 Å². The third-order valence-corrected chi connectivity index (χ3v) is 5.12. The maximum absolute atomic E-state index is 12.2. The number of sulfonamides is 1. The maximum atomic E-state index is 12.2. The minimum Gasteiger partial charge on any atom is -0.320 e. The van der Waals surface area contributed by atoms with Gasteiger partial charge in [0, 0.05) is 17.0 Å². The van der Waals surface area contributed by atoms with Crippen molar-refractivity contribution in [3.8, 4) is 11.8 Å². The summed E-state index contributed by atoms with van der Waals surface area (Å²) in [5.41, 5.74) is 5.95. The van der Waals surface area contributed by atoms with Crippen molar-refractivity contribution < 1.29 is 8.42 Å². The van der Waals surface area contributed by atoms with Crippen LogP contribution in [-0.2, 0) is 16.4 Å². The van der Waals surface area contributed by atoms with Crippen molar-refractivity contribution in [1.29, 1.82) is 0 Å². The zero-order chi connectivity index (χ0) is 15.1. The molecule has 0 saturated carbocycles.